The molecule has 0 saturated carbocycles. The zero-order chi connectivity index (χ0) is 11.0. The first-order valence-corrected chi connectivity index (χ1v) is 5.29. The van der Waals surface area contributed by atoms with Gasteiger partial charge >= 0.3 is 5.97 Å². The Labute approximate surface area is 95.6 Å². The van der Waals surface area contributed by atoms with Crippen LogP contribution >= 0.6 is 15.9 Å². The maximum absolute atomic E-state index is 11.5. The molecule has 0 bridgehead atoms. The lowest BCUT2D eigenvalue weighted by Crippen LogP contribution is -2.04. The van der Waals surface area contributed by atoms with Crippen LogP contribution in [-0.4, -0.2) is 18.1 Å². The molecule has 1 N–H and O–H groups in total. The van der Waals surface area contributed by atoms with Crippen molar-refractivity contribution in [3.8, 4) is 0 Å². The molecule has 0 spiro atoms. The molecule has 2 rings (SSSR count). The highest BCUT2D eigenvalue weighted by Crippen LogP contribution is 2.29. The average Bonchev–Trinajstić information content (AvgIpc) is 2.71. The lowest BCUT2D eigenvalue weighted by atomic mass is 10.1. The van der Waals surface area contributed by atoms with Crippen molar-refractivity contribution in [3.05, 3.63) is 33.9 Å². The Hall–Kier alpha value is -1.29. The fourth-order valence-corrected chi connectivity index (χ4v) is 2.21. The minimum absolute atomic E-state index is 0.315. The number of carbonyl (C=O) groups excluding carboxylic acids is 1. The van der Waals surface area contributed by atoms with Crippen LogP contribution in [0.2, 0.25) is 0 Å². The van der Waals surface area contributed by atoms with Gasteiger partial charge in [-0.3, -0.25) is 0 Å². The molecule has 3 nitrogen and oxygen atoms in total. The van der Waals surface area contributed by atoms with E-state index in [4.69, 9.17) is 4.74 Å². The Bertz CT molecular complexity index is 531. The number of ether oxygens (including phenoxy) is 1. The Kier molecular flexibility index (Phi) is 2.52. The third kappa shape index (κ3) is 1.55. The summed E-state index contributed by atoms with van der Waals surface area (Å²) < 4.78 is 5.62. The molecule has 0 aliphatic carbocycles. The van der Waals surface area contributed by atoms with Crippen molar-refractivity contribution in [2.75, 3.05) is 7.11 Å². The normalized spacial score (nSPS) is 10.6. The topological polar surface area (TPSA) is 42.1 Å². The number of esters is 1. The number of aromatic amines is 1. The standard InChI is InChI=1S/C11H10BrNO2/c1-6-8(11(14)15-2)5-9(12)7-3-4-13-10(6)7/h3-5,13H,1-2H3. The van der Waals surface area contributed by atoms with E-state index < -0.39 is 0 Å². The predicted octanol–water partition coefficient (Wildman–Crippen LogP) is 3.03. The third-order valence-electron chi connectivity index (χ3n) is 2.46. The highest BCUT2D eigenvalue weighted by atomic mass is 79.9. The third-order valence-corrected chi connectivity index (χ3v) is 3.12. The first-order chi connectivity index (χ1) is 7.15. The van der Waals surface area contributed by atoms with Crippen LogP contribution in [0.3, 0.4) is 0 Å². The smallest absolute Gasteiger partial charge is 0.338 e. The number of aryl methyl sites for hydroxylation is 1. The number of H-pyrrole nitrogens is 1. The van der Waals surface area contributed by atoms with Gasteiger partial charge in [-0.2, -0.15) is 0 Å². The number of methoxy groups -OCH3 is 1. The Morgan fingerprint density at radius 3 is 2.93 bits per heavy atom. The SMILES string of the molecule is COC(=O)c1cc(Br)c2cc[nH]c2c1C. The van der Waals surface area contributed by atoms with Crippen molar-refractivity contribution in [2.24, 2.45) is 0 Å². The van der Waals surface area contributed by atoms with Crippen molar-refractivity contribution in [1.82, 2.24) is 4.98 Å². The summed E-state index contributed by atoms with van der Waals surface area (Å²) in [7, 11) is 1.38. The molecule has 15 heavy (non-hydrogen) atoms. The molecule has 0 saturated heterocycles. The number of hydrogen-bond donors (Lipinski definition) is 1. The van der Waals surface area contributed by atoms with Crippen molar-refractivity contribution in [3.63, 3.8) is 0 Å². The number of fused-ring (bicyclic) bond motifs is 1. The fraction of sp³-hybridized carbons (Fsp3) is 0.182. The summed E-state index contributed by atoms with van der Waals surface area (Å²) in [4.78, 5) is 14.6. The first-order valence-electron chi connectivity index (χ1n) is 4.49. The lowest BCUT2D eigenvalue weighted by Gasteiger charge is -2.06. The number of carbonyl (C=O) groups is 1. The molecule has 0 radical (unpaired) electrons. The van der Waals surface area contributed by atoms with E-state index >= 15 is 0 Å². The average molecular weight is 268 g/mol. The molecule has 0 atom stereocenters. The zero-order valence-corrected chi connectivity index (χ0v) is 10.0. The molecule has 0 unspecified atom stereocenters. The number of nitrogens with one attached hydrogen (secondary N) is 1. The molecular weight excluding hydrogens is 258 g/mol. The van der Waals surface area contributed by atoms with E-state index in [1.54, 1.807) is 6.07 Å². The summed E-state index contributed by atoms with van der Waals surface area (Å²) in [6.45, 7) is 1.90. The molecule has 1 aromatic carbocycles. The van der Waals surface area contributed by atoms with Crippen molar-refractivity contribution in [2.45, 2.75) is 6.92 Å². The van der Waals surface area contributed by atoms with Crippen LogP contribution in [0, 0.1) is 6.92 Å². The zero-order valence-electron chi connectivity index (χ0n) is 8.43. The molecule has 1 aromatic heterocycles. The fourth-order valence-electron chi connectivity index (χ4n) is 1.65. The maximum atomic E-state index is 11.5. The molecule has 78 valence electrons. The summed E-state index contributed by atoms with van der Waals surface area (Å²) in [5.74, 6) is -0.315. The van der Waals surface area contributed by atoms with Crippen LogP contribution in [0.25, 0.3) is 10.9 Å². The van der Waals surface area contributed by atoms with E-state index in [1.165, 1.54) is 7.11 Å². The van der Waals surface area contributed by atoms with E-state index in [1.807, 2.05) is 19.2 Å². The maximum Gasteiger partial charge on any atom is 0.338 e. The molecule has 0 aliphatic rings. The molecule has 1 heterocycles. The number of benzene rings is 1. The van der Waals surface area contributed by atoms with E-state index in [9.17, 15) is 4.79 Å². The highest BCUT2D eigenvalue weighted by molar-refractivity contribution is 9.10. The minimum atomic E-state index is -0.315. The van der Waals surface area contributed by atoms with Crippen molar-refractivity contribution in [1.29, 1.82) is 0 Å². The summed E-state index contributed by atoms with van der Waals surface area (Å²) in [5.41, 5.74) is 2.45. The van der Waals surface area contributed by atoms with Gasteiger partial charge in [0.1, 0.15) is 0 Å². The van der Waals surface area contributed by atoms with Gasteiger partial charge in [-0.15, -0.1) is 0 Å². The highest BCUT2D eigenvalue weighted by Gasteiger charge is 2.14. The second-order valence-electron chi connectivity index (χ2n) is 3.29. The number of aromatic nitrogens is 1. The van der Waals surface area contributed by atoms with E-state index in [0.29, 0.717) is 5.56 Å². The van der Waals surface area contributed by atoms with Gasteiger partial charge in [-0.05, 0) is 24.6 Å². The van der Waals surface area contributed by atoms with E-state index in [-0.39, 0.29) is 5.97 Å². The van der Waals surface area contributed by atoms with Gasteiger partial charge in [0, 0.05) is 16.1 Å². The molecule has 2 aromatic rings. The van der Waals surface area contributed by atoms with Crippen LogP contribution in [0.1, 0.15) is 15.9 Å². The molecule has 0 fully saturated rings. The lowest BCUT2D eigenvalue weighted by molar-refractivity contribution is 0.0600. The van der Waals surface area contributed by atoms with Gasteiger partial charge in [-0.25, -0.2) is 4.79 Å². The number of halogens is 1. The summed E-state index contributed by atoms with van der Waals surface area (Å²) in [6, 6.07) is 3.75. The molecule has 0 aliphatic heterocycles. The van der Waals surface area contributed by atoms with Crippen LogP contribution in [0.4, 0.5) is 0 Å². The van der Waals surface area contributed by atoms with Gasteiger partial charge in [0.2, 0.25) is 0 Å². The first kappa shape index (κ1) is 10.2. The van der Waals surface area contributed by atoms with Crippen LogP contribution in [0.5, 0.6) is 0 Å². The number of rotatable bonds is 1. The Morgan fingerprint density at radius 1 is 1.53 bits per heavy atom. The predicted molar refractivity (Wildman–Crippen MR) is 62.1 cm³/mol. The largest absolute Gasteiger partial charge is 0.465 e. The number of hydrogen-bond acceptors (Lipinski definition) is 2. The van der Waals surface area contributed by atoms with Crippen LogP contribution in [0.15, 0.2) is 22.8 Å². The minimum Gasteiger partial charge on any atom is -0.465 e. The molecule has 0 amide bonds. The second-order valence-corrected chi connectivity index (χ2v) is 4.14. The van der Waals surface area contributed by atoms with E-state index in [0.717, 1.165) is 20.9 Å². The molecular formula is C11H10BrNO2. The summed E-state index contributed by atoms with van der Waals surface area (Å²) >= 11 is 3.43. The Balaban J connectivity index is 2.76. The second kappa shape index (κ2) is 3.70. The van der Waals surface area contributed by atoms with Gasteiger partial charge in [-0.1, -0.05) is 15.9 Å². The summed E-state index contributed by atoms with van der Waals surface area (Å²) in [5, 5.41) is 1.07. The van der Waals surface area contributed by atoms with Gasteiger partial charge in [0.25, 0.3) is 0 Å². The van der Waals surface area contributed by atoms with E-state index in [2.05, 4.69) is 20.9 Å². The van der Waals surface area contributed by atoms with Crippen LogP contribution in [-0.2, 0) is 4.74 Å². The van der Waals surface area contributed by atoms with Gasteiger partial charge in [0.15, 0.2) is 0 Å². The van der Waals surface area contributed by atoms with Crippen molar-refractivity contribution < 1.29 is 9.53 Å². The monoisotopic (exact) mass is 267 g/mol. The Morgan fingerprint density at radius 2 is 2.27 bits per heavy atom. The van der Waals surface area contributed by atoms with Crippen LogP contribution < -0.4 is 0 Å². The van der Waals surface area contributed by atoms with Gasteiger partial charge < -0.3 is 9.72 Å². The summed E-state index contributed by atoms with van der Waals surface area (Å²) in [6.07, 6.45) is 1.85. The van der Waals surface area contributed by atoms with Crippen molar-refractivity contribution >= 4 is 32.8 Å². The van der Waals surface area contributed by atoms with Gasteiger partial charge in [0.05, 0.1) is 18.2 Å². The quantitative estimate of drug-likeness (QED) is 0.808. The molecule has 4 heteroatoms.